The van der Waals surface area contributed by atoms with Gasteiger partial charge in [-0.25, -0.2) is 4.79 Å². The number of hydrogen-bond donors (Lipinski definition) is 5. The van der Waals surface area contributed by atoms with Gasteiger partial charge in [-0.15, -0.1) is 0 Å². The number of aliphatic hydroxyl groups is 1. The number of carbonyl (C=O) groups excluding carboxylic acids is 3. The minimum atomic E-state index is -1.17. The molecule has 0 aromatic carbocycles. The number of nitrogens with two attached hydrogens (primary N) is 1. The monoisotopic (exact) mass is 358 g/mol. The molecular weight excluding hydrogens is 332 g/mol. The summed E-state index contributed by atoms with van der Waals surface area (Å²) in [5, 5.41) is 23.2. The van der Waals surface area contributed by atoms with Crippen molar-refractivity contribution >= 4 is 23.7 Å². The van der Waals surface area contributed by atoms with E-state index in [0.29, 0.717) is 19.4 Å². The van der Waals surface area contributed by atoms with E-state index >= 15 is 0 Å². The van der Waals surface area contributed by atoms with Gasteiger partial charge in [0.2, 0.25) is 17.7 Å². The molecule has 0 spiro atoms. The lowest BCUT2D eigenvalue weighted by Gasteiger charge is -2.26. The van der Waals surface area contributed by atoms with Gasteiger partial charge in [0.1, 0.15) is 24.2 Å². The van der Waals surface area contributed by atoms with Crippen LogP contribution in [0.3, 0.4) is 0 Å². The lowest BCUT2D eigenvalue weighted by molar-refractivity contribution is -0.149. The average Bonchev–Trinajstić information content (AvgIpc) is 3.02. The zero-order chi connectivity index (χ0) is 19.3. The topological polar surface area (TPSA) is 162 Å². The van der Waals surface area contributed by atoms with Gasteiger partial charge in [-0.1, -0.05) is 0 Å². The molecule has 10 heteroatoms. The summed E-state index contributed by atoms with van der Waals surface area (Å²) in [5.41, 5.74) is 5.47. The van der Waals surface area contributed by atoms with Crippen LogP contribution in [0.4, 0.5) is 0 Å². The van der Waals surface area contributed by atoms with Crippen LogP contribution >= 0.6 is 0 Å². The summed E-state index contributed by atoms with van der Waals surface area (Å²) in [7, 11) is 0. The van der Waals surface area contributed by atoms with E-state index in [9.17, 15) is 24.3 Å². The minimum Gasteiger partial charge on any atom is -0.480 e. The molecule has 5 atom stereocenters. The number of hydrogen-bond acceptors (Lipinski definition) is 6. The average molecular weight is 358 g/mol. The van der Waals surface area contributed by atoms with Crippen molar-refractivity contribution in [1.82, 2.24) is 15.5 Å². The maximum absolute atomic E-state index is 12.3. The second kappa shape index (κ2) is 8.77. The Morgan fingerprint density at radius 2 is 1.64 bits per heavy atom. The predicted molar refractivity (Wildman–Crippen MR) is 87.2 cm³/mol. The number of amides is 3. The Bertz CT molecular complexity index is 538. The molecule has 10 nitrogen and oxygen atoms in total. The van der Waals surface area contributed by atoms with Crippen molar-refractivity contribution in [3.05, 3.63) is 0 Å². The summed E-state index contributed by atoms with van der Waals surface area (Å²) in [6, 6.07) is -3.96. The van der Waals surface area contributed by atoms with E-state index in [-0.39, 0.29) is 0 Å². The van der Waals surface area contributed by atoms with Crippen molar-refractivity contribution < 1.29 is 29.4 Å². The minimum absolute atomic E-state index is 0.325. The van der Waals surface area contributed by atoms with Crippen molar-refractivity contribution in [2.75, 3.05) is 6.54 Å². The summed E-state index contributed by atoms with van der Waals surface area (Å²) in [6.07, 6.45) is -0.0997. The highest BCUT2D eigenvalue weighted by atomic mass is 16.4. The van der Waals surface area contributed by atoms with Crippen LogP contribution in [0.15, 0.2) is 0 Å². The highest BCUT2D eigenvalue weighted by Gasteiger charge is 2.36. The van der Waals surface area contributed by atoms with E-state index < -0.39 is 54.0 Å². The largest absolute Gasteiger partial charge is 0.480 e. The Balaban J connectivity index is 2.59. The number of rotatable bonds is 7. The number of likely N-dealkylation sites (tertiary alicyclic amines) is 1. The summed E-state index contributed by atoms with van der Waals surface area (Å²) >= 11 is 0. The number of carbonyl (C=O) groups is 4. The van der Waals surface area contributed by atoms with Gasteiger partial charge in [0.25, 0.3) is 0 Å². The first-order chi connectivity index (χ1) is 11.6. The number of carboxylic acids is 1. The first kappa shape index (κ1) is 20.8. The van der Waals surface area contributed by atoms with Gasteiger partial charge in [-0.3, -0.25) is 14.4 Å². The van der Waals surface area contributed by atoms with Crippen molar-refractivity contribution in [3.8, 4) is 0 Å². The van der Waals surface area contributed by atoms with Gasteiger partial charge in [-0.2, -0.15) is 0 Å². The molecule has 6 N–H and O–H groups in total. The lowest BCUT2D eigenvalue weighted by Crippen LogP contribution is -2.56. The molecule has 0 radical (unpaired) electrons. The zero-order valence-corrected chi connectivity index (χ0v) is 14.6. The van der Waals surface area contributed by atoms with Crippen LogP contribution in [0.5, 0.6) is 0 Å². The summed E-state index contributed by atoms with van der Waals surface area (Å²) in [6.45, 7) is 4.54. The van der Waals surface area contributed by atoms with Crippen LogP contribution in [0.1, 0.15) is 33.6 Å². The third-order valence-corrected chi connectivity index (χ3v) is 4.12. The normalized spacial score (nSPS) is 21.8. The van der Waals surface area contributed by atoms with Crippen LogP contribution in [0, 0.1) is 0 Å². The van der Waals surface area contributed by atoms with Crippen LogP contribution in [0.2, 0.25) is 0 Å². The summed E-state index contributed by atoms with van der Waals surface area (Å²) in [5.74, 6) is -2.87. The number of aliphatic carboxylic acids is 1. The molecule has 1 fully saturated rings. The van der Waals surface area contributed by atoms with E-state index in [1.165, 1.54) is 25.7 Å². The maximum Gasteiger partial charge on any atom is 0.326 e. The zero-order valence-electron chi connectivity index (χ0n) is 14.6. The van der Waals surface area contributed by atoms with Crippen LogP contribution in [0.25, 0.3) is 0 Å². The predicted octanol–water partition coefficient (Wildman–Crippen LogP) is -2.22. The molecule has 1 aliphatic rings. The first-order valence-electron chi connectivity index (χ1n) is 8.14. The fraction of sp³-hybridized carbons (Fsp3) is 0.733. The van der Waals surface area contributed by atoms with E-state index in [1.807, 2.05) is 0 Å². The standard InChI is InChI=1S/C15H26N4O6/c1-7(17-13(22)11(16)9(3)20)12(21)18-8(2)14(23)19-6-4-5-10(19)15(24)25/h7-11,20H,4-6,16H2,1-3H3,(H,17,22)(H,18,21)(H,24,25). The number of nitrogens with zero attached hydrogens (tertiary/aromatic N) is 1. The number of carboxylic acid groups (broad SMARTS) is 1. The molecule has 142 valence electrons. The van der Waals surface area contributed by atoms with E-state index in [0.717, 1.165) is 0 Å². The van der Waals surface area contributed by atoms with Crippen LogP contribution < -0.4 is 16.4 Å². The molecule has 1 saturated heterocycles. The third kappa shape index (κ3) is 5.40. The molecular formula is C15H26N4O6. The number of aliphatic hydroxyl groups excluding tert-OH is 1. The van der Waals surface area contributed by atoms with Crippen molar-refractivity contribution in [2.24, 2.45) is 5.73 Å². The van der Waals surface area contributed by atoms with Gasteiger partial charge in [0, 0.05) is 6.54 Å². The van der Waals surface area contributed by atoms with E-state index in [2.05, 4.69) is 10.6 Å². The van der Waals surface area contributed by atoms with E-state index in [4.69, 9.17) is 10.8 Å². The fourth-order valence-electron chi connectivity index (χ4n) is 2.53. The molecule has 25 heavy (non-hydrogen) atoms. The fourth-order valence-corrected chi connectivity index (χ4v) is 2.53. The van der Waals surface area contributed by atoms with Gasteiger partial charge < -0.3 is 31.5 Å². The SMILES string of the molecule is CC(NC(=O)C(N)C(C)O)C(=O)NC(C)C(=O)N1CCCC1C(=O)O. The second-order valence-electron chi connectivity index (χ2n) is 6.25. The Hall–Kier alpha value is -2.20. The van der Waals surface area contributed by atoms with E-state index in [1.54, 1.807) is 0 Å². The molecule has 0 aliphatic carbocycles. The lowest BCUT2D eigenvalue weighted by atomic mass is 10.1. The number of nitrogens with one attached hydrogen (secondary N) is 2. The van der Waals surface area contributed by atoms with Gasteiger partial charge in [0.05, 0.1) is 6.10 Å². The van der Waals surface area contributed by atoms with Crippen molar-refractivity contribution in [2.45, 2.75) is 63.9 Å². The molecule has 0 aromatic rings. The van der Waals surface area contributed by atoms with Gasteiger partial charge in [0.15, 0.2) is 0 Å². The molecule has 0 bridgehead atoms. The van der Waals surface area contributed by atoms with Crippen LogP contribution in [-0.4, -0.2) is 75.6 Å². The molecule has 0 saturated carbocycles. The molecule has 1 heterocycles. The quantitative estimate of drug-likeness (QED) is 0.344. The molecule has 1 aliphatic heterocycles. The van der Waals surface area contributed by atoms with Crippen molar-refractivity contribution in [3.63, 3.8) is 0 Å². The smallest absolute Gasteiger partial charge is 0.326 e. The van der Waals surface area contributed by atoms with Gasteiger partial charge >= 0.3 is 5.97 Å². The molecule has 0 aromatic heterocycles. The molecule has 1 rings (SSSR count). The highest BCUT2D eigenvalue weighted by Crippen LogP contribution is 2.18. The highest BCUT2D eigenvalue weighted by molar-refractivity contribution is 5.94. The molecule has 3 amide bonds. The summed E-state index contributed by atoms with van der Waals surface area (Å²) < 4.78 is 0. The Kier molecular flexibility index (Phi) is 7.31. The Morgan fingerprint density at radius 3 is 2.16 bits per heavy atom. The maximum atomic E-state index is 12.3. The Labute approximate surface area is 145 Å². The summed E-state index contributed by atoms with van der Waals surface area (Å²) in [4.78, 5) is 48.6. The molecule has 5 unspecified atom stereocenters. The van der Waals surface area contributed by atoms with Crippen molar-refractivity contribution in [1.29, 1.82) is 0 Å². The van der Waals surface area contributed by atoms with Crippen LogP contribution in [-0.2, 0) is 19.2 Å². The first-order valence-corrected chi connectivity index (χ1v) is 8.14. The van der Waals surface area contributed by atoms with Gasteiger partial charge in [-0.05, 0) is 33.6 Å². The Morgan fingerprint density at radius 1 is 1.08 bits per heavy atom. The third-order valence-electron chi connectivity index (χ3n) is 4.12. The second-order valence-corrected chi connectivity index (χ2v) is 6.25.